The van der Waals surface area contributed by atoms with Crippen molar-refractivity contribution in [1.82, 2.24) is 4.98 Å². The monoisotopic (exact) mass is 432 g/mol. The summed E-state index contributed by atoms with van der Waals surface area (Å²) in [5.74, 6) is 0.0253. The van der Waals surface area contributed by atoms with Crippen LogP contribution in [0.15, 0.2) is 35.0 Å². The van der Waals surface area contributed by atoms with E-state index < -0.39 is 18.0 Å². The first kappa shape index (κ1) is 20.8. The molecule has 0 unspecified atom stereocenters. The van der Waals surface area contributed by atoms with Gasteiger partial charge in [0.2, 0.25) is 0 Å². The zero-order valence-corrected chi connectivity index (χ0v) is 18.0. The molecule has 0 bridgehead atoms. The highest BCUT2D eigenvalue weighted by Crippen LogP contribution is 2.30. The van der Waals surface area contributed by atoms with E-state index in [1.165, 1.54) is 32.5 Å². The molecule has 3 aromatic rings. The predicted octanol–water partition coefficient (Wildman–Crippen LogP) is 4.38. The first-order valence-electron chi connectivity index (χ1n) is 8.66. The topological polar surface area (TPSA) is 86.8 Å². The van der Waals surface area contributed by atoms with E-state index in [1.807, 2.05) is 16.8 Å². The van der Waals surface area contributed by atoms with Crippen molar-refractivity contribution >= 4 is 40.2 Å². The van der Waals surface area contributed by atoms with Gasteiger partial charge in [0.1, 0.15) is 21.4 Å². The summed E-state index contributed by atoms with van der Waals surface area (Å²) < 4.78 is 15.7. The molecule has 0 fully saturated rings. The number of benzene rings is 1. The van der Waals surface area contributed by atoms with Crippen molar-refractivity contribution in [2.24, 2.45) is 0 Å². The van der Waals surface area contributed by atoms with Crippen LogP contribution in [0.25, 0.3) is 10.6 Å². The Labute approximate surface area is 176 Å². The molecule has 29 heavy (non-hydrogen) atoms. The van der Waals surface area contributed by atoms with Gasteiger partial charge in [-0.1, -0.05) is 0 Å². The molecule has 2 heterocycles. The fourth-order valence-electron chi connectivity index (χ4n) is 2.49. The molecule has 1 amide bonds. The van der Waals surface area contributed by atoms with Crippen molar-refractivity contribution in [3.8, 4) is 22.1 Å². The number of thiazole rings is 1. The van der Waals surface area contributed by atoms with E-state index in [9.17, 15) is 9.59 Å². The van der Waals surface area contributed by atoms with Crippen LogP contribution in [0.1, 0.15) is 22.3 Å². The van der Waals surface area contributed by atoms with Crippen molar-refractivity contribution in [3.63, 3.8) is 0 Å². The van der Waals surface area contributed by atoms with Gasteiger partial charge in [0.15, 0.2) is 6.10 Å². The molecule has 9 heteroatoms. The van der Waals surface area contributed by atoms with Crippen LogP contribution in [0.3, 0.4) is 0 Å². The summed E-state index contributed by atoms with van der Waals surface area (Å²) in [7, 11) is 3.04. The number of amides is 1. The average molecular weight is 433 g/mol. The van der Waals surface area contributed by atoms with Crippen molar-refractivity contribution in [2.45, 2.75) is 20.0 Å². The number of esters is 1. The highest BCUT2D eigenvalue weighted by molar-refractivity contribution is 7.17. The van der Waals surface area contributed by atoms with Gasteiger partial charge >= 0.3 is 5.97 Å². The van der Waals surface area contributed by atoms with Gasteiger partial charge in [0.05, 0.1) is 19.9 Å². The van der Waals surface area contributed by atoms with Crippen LogP contribution in [-0.4, -0.2) is 37.2 Å². The molecule has 0 aliphatic carbocycles. The van der Waals surface area contributed by atoms with Gasteiger partial charge in [-0.2, -0.15) is 11.3 Å². The molecule has 1 N–H and O–H groups in total. The smallest absolute Gasteiger partial charge is 0.351 e. The molecular weight excluding hydrogens is 412 g/mol. The van der Waals surface area contributed by atoms with Crippen molar-refractivity contribution < 1.29 is 23.8 Å². The van der Waals surface area contributed by atoms with Gasteiger partial charge in [-0.05, 0) is 25.3 Å². The maximum atomic E-state index is 12.5. The highest BCUT2D eigenvalue weighted by atomic mass is 32.1. The number of carbonyl (C=O) groups excluding carboxylic acids is 2. The Morgan fingerprint density at radius 3 is 2.41 bits per heavy atom. The second-order valence-electron chi connectivity index (χ2n) is 6.08. The fourth-order valence-corrected chi connectivity index (χ4v) is 4.15. The van der Waals surface area contributed by atoms with Gasteiger partial charge in [-0.25, -0.2) is 9.78 Å². The predicted molar refractivity (Wildman–Crippen MR) is 113 cm³/mol. The maximum Gasteiger partial charge on any atom is 0.351 e. The number of ether oxygens (including phenoxy) is 3. The number of thiophene rings is 1. The first-order valence-corrected chi connectivity index (χ1v) is 10.4. The lowest BCUT2D eigenvalue weighted by Crippen LogP contribution is -2.30. The quantitative estimate of drug-likeness (QED) is 0.558. The molecule has 152 valence electrons. The SMILES string of the molecule is COc1cc(NC(=O)[C@@H](C)OC(=O)c2sc(-c3ccsc3)nc2C)cc(OC)c1. The molecule has 0 saturated carbocycles. The first-order chi connectivity index (χ1) is 13.9. The zero-order valence-electron chi connectivity index (χ0n) is 16.3. The number of nitrogens with zero attached hydrogens (tertiary/aromatic N) is 1. The summed E-state index contributed by atoms with van der Waals surface area (Å²) in [6.07, 6.45) is -0.995. The number of hydrogen-bond donors (Lipinski definition) is 1. The second-order valence-corrected chi connectivity index (χ2v) is 7.86. The Morgan fingerprint density at radius 2 is 1.83 bits per heavy atom. The number of rotatable bonds is 7. The Kier molecular flexibility index (Phi) is 6.50. The Hall–Kier alpha value is -2.91. The minimum Gasteiger partial charge on any atom is -0.497 e. The summed E-state index contributed by atoms with van der Waals surface area (Å²) in [6.45, 7) is 3.26. The van der Waals surface area contributed by atoms with E-state index in [2.05, 4.69) is 10.3 Å². The Balaban J connectivity index is 1.68. The van der Waals surface area contributed by atoms with Crippen LogP contribution in [0.5, 0.6) is 11.5 Å². The summed E-state index contributed by atoms with van der Waals surface area (Å²) in [4.78, 5) is 29.8. The minimum atomic E-state index is -0.995. The number of hydrogen-bond acceptors (Lipinski definition) is 8. The standard InChI is InChI=1S/C20H20N2O5S2/c1-11-17(29-19(21-11)13-5-6-28-10-13)20(24)27-12(2)18(23)22-14-7-15(25-3)9-16(8-14)26-4/h5-10,12H,1-4H3,(H,22,23)/t12-/m1/s1. The summed E-state index contributed by atoms with van der Waals surface area (Å²) >= 11 is 2.81. The highest BCUT2D eigenvalue weighted by Gasteiger charge is 2.23. The molecule has 0 aliphatic rings. The molecule has 0 spiro atoms. The van der Waals surface area contributed by atoms with E-state index in [4.69, 9.17) is 14.2 Å². The molecular formula is C20H20N2O5S2. The molecule has 1 aromatic carbocycles. The van der Waals surface area contributed by atoms with Crippen LogP contribution >= 0.6 is 22.7 Å². The number of nitrogens with one attached hydrogen (secondary N) is 1. The molecule has 1 atom stereocenters. The molecule has 3 rings (SSSR count). The maximum absolute atomic E-state index is 12.5. The van der Waals surface area contributed by atoms with Gasteiger partial charge in [0.25, 0.3) is 5.91 Å². The van der Waals surface area contributed by atoms with Crippen LogP contribution < -0.4 is 14.8 Å². The van der Waals surface area contributed by atoms with E-state index in [0.717, 1.165) is 10.6 Å². The zero-order chi connectivity index (χ0) is 21.0. The van der Waals surface area contributed by atoms with Crippen molar-refractivity contribution in [2.75, 3.05) is 19.5 Å². The number of anilines is 1. The molecule has 0 aliphatic heterocycles. The van der Waals surface area contributed by atoms with E-state index in [0.29, 0.717) is 27.8 Å². The number of aromatic nitrogens is 1. The van der Waals surface area contributed by atoms with Crippen LogP contribution in [-0.2, 0) is 9.53 Å². The largest absolute Gasteiger partial charge is 0.497 e. The number of methoxy groups -OCH3 is 2. The van der Waals surface area contributed by atoms with E-state index in [-0.39, 0.29) is 0 Å². The third-order valence-electron chi connectivity index (χ3n) is 4.02. The summed E-state index contributed by atoms with van der Waals surface area (Å²) in [5, 5.41) is 7.36. The lowest BCUT2D eigenvalue weighted by atomic mass is 10.2. The summed E-state index contributed by atoms with van der Waals surface area (Å²) in [6, 6.07) is 6.93. The molecule has 2 aromatic heterocycles. The molecule has 7 nitrogen and oxygen atoms in total. The summed E-state index contributed by atoms with van der Waals surface area (Å²) in [5.41, 5.74) is 2.01. The fraction of sp³-hybridized carbons (Fsp3) is 0.250. The lowest BCUT2D eigenvalue weighted by molar-refractivity contribution is -0.123. The van der Waals surface area contributed by atoms with E-state index >= 15 is 0 Å². The van der Waals surface area contributed by atoms with Crippen LogP contribution in [0.2, 0.25) is 0 Å². The van der Waals surface area contributed by atoms with Gasteiger partial charge < -0.3 is 19.5 Å². The lowest BCUT2D eigenvalue weighted by Gasteiger charge is -2.14. The second kappa shape index (κ2) is 9.06. The number of carbonyl (C=O) groups is 2. The molecule has 0 radical (unpaired) electrons. The van der Waals surface area contributed by atoms with Crippen molar-refractivity contribution in [3.05, 3.63) is 45.6 Å². The van der Waals surface area contributed by atoms with Crippen LogP contribution in [0.4, 0.5) is 5.69 Å². The van der Waals surface area contributed by atoms with Gasteiger partial charge in [-0.3, -0.25) is 4.79 Å². The third kappa shape index (κ3) is 4.93. The van der Waals surface area contributed by atoms with Gasteiger partial charge in [-0.15, -0.1) is 11.3 Å². The minimum absolute atomic E-state index is 0.383. The third-order valence-corrected chi connectivity index (χ3v) is 5.89. The normalized spacial score (nSPS) is 11.6. The van der Waals surface area contributed by atoms with E-state index in [1.54, 1.807) is 36.5 Å². The van der Waals surface area contributed by atoms with Crippen LogP contribution in [0, 0.1) is 6.92 Å². The van der Waals surface area contributed by atoms with Crippen molar-refractivity contribution in [1.29, 1.82) is 0 Å². The van der Waals surface area contributed by atoms with Gasteiger partial charge in [0, 0.05) is 34.8 Å². The molecule has 0 saturated heterocycles. The Bertz CT molecular complexity index is 992. The number of aryl methyl sites for hydroxylation is 1. The average Bonchev–Trinajstić information content (AvgIpc) is 3.37. The Morgan fingerprint density at radius 1 is 1.14 bits per heavy atom.